The molecule has 31 heavy (non-hydrogen) atoms. The van der Waals surface area contributed by atoms with Gasteiger partial charge in [-0.3, -0.25) is 14.6 Å². The van der Waals surface area contributed by atoms with Crippen LogP contribution in [0.2, 0.25) is 0 Å². The minimum absolute atomic E-state index is 0.0188. The normalized spacial score (nSPS) is 13.1. The van der Waals surface area contributed by atoms with Gasteiger partial charge in [-0.2, -0.15) is 0 Å². The predicted molar refractivity (Wildman–Crippen MR) is 123 cm³/mol. The van der Waals surface area contributed by atoms with Gasteiger partial charge >= 0.3 is 0 Å². The van der Waals surface area contributed by atoms with Gasteiger partial charge in [-0.25, -0.2) is 0 Å². The molecular weight excluding hydrogens is 400 g/mol. The fraction of sp³-hybridized carbons (Fsp3) is 0.857. The van der Waals surface area contributed by atoms with Gasteiger partial charge in [0, 0.05) is 19.8 Å². The Bertz CT molecular complexity index is 516. The van der Waals surface area contributed by atoms with E-state index < -0.39 is 18.4 Å². The van der Waals surface area contributed by atoms with Gasteiger partial charge in [0.15, 0.2) is 12.2 Å². The Hall–Kier alpha value is -1.91. The zero-order chi connectivity index (χ0) is 23.6. The largest absolute Gasteiger partial charge is 0.370 e. The van der Waals surface area contributed by atoms with E-state index in [-0.39, 0.29) is 30.2 Å². The minimum Gasteiger partial charge on any atom is -0.370 e. The molecule has 0 aromatic heterocycles. The molecule has 0 aromatic carbocycles. The van der Waals surface area contributed by atoms with Crippen molar-refractivity contribution in [2.24, 2.45) is 28.1 Å². The Kier molecular flexibility index (Phi) is 16.6. The number of amides is 2. The number of carbonyl (C=O) groups excluding carboxylic acids is 2. The summed E-state index contributed by atoms with van der Waals surface area (Å²) < 4.78 is 11.9. The highest BCUT2D eigenvalue weighted by molar-refractivity contribution is 5.87. The zero-order valence-corrected chi connectivity index (χ0v) is 19.7. The van der Waals surface area contributed by atoms with Crippen molar-refractivity contribution >= 4 is 17.8 Å². The van der Waals surface area contributed by atoms with E-state index in [4.69, 9.17) is 26.7 Å². The van der Waals surface area contributed by atoms with Crippen LogP contribution in [0, 0.1) is 5.92 Å². The van der Waals surface area contributed by atoms with Crippen LogP contribution >= 0.6 is 0 Å². The van der Waals surface area contributed by atoms with Crippen molar-refractivity contribution in [2.45, 2.75) is 84.6 Å². The average molecular weight is 445 g/mol. The molecule has 0 aromatic rings. The van der Waals surface area contributed by atoms with Crippen LogP contribution in [0.4, 0.5) is 0 Å². The van der Waals surface area contributed by atoms with Crippen molar-refractivity contribution < 1.29 is 19.1 Å². The number of carbonyl (C=O) groups is 2. The molecule has 0 aliphatic heterocycles. The quantitative estimate of drug-likeness (QED) is 0.0892. The Morgan fingerprint density at radius 3 is 2.06 bits per heavy atom. The second-order valence-electron chi connectivity index (χ2n) is 7.93. The summed E-state index contributed by atoms with van der Waals surface area (Å²) in [7, 11) is 0. The molecule has 0 aliphatic carbocycles. The maximum absolute atomic E-state index is 12.5. The summed E-state index contributed by atoms with van der Waals surface area (Å²) in [4.78, 5) is 28.5. The van der Waals surface area contributed by atoms with E-state index in [0.29, 0.717) is 32.6 Å². The number of nitrogens with two attached hydrogens (primary N) is 3. The number of hydrogen-bond acceptors (Lipinski definition) is 6. The number of unbranched alkanes of at least 4 members (excludes halogenated alkanes) is 2. The molecule has 0 saturated carbocycles. The third-order valence-electron chi connectivity index (χ3n) is 4.65. The summed E-state index contributed by atoms with van der Waals surface area (Å²) in [6.07, 6.45) is 4.38. The first-order valence-corrected chi connectivity index (χ1v) is 11.3. The number of ether oxygens (including phenoxy) is 2. The molecule has 0 radical (unpaired) electrons. The number of rotatable bonds is 18. The lowest BCUT2D eigenvalue weighted by Crippen LogP contribution is -2.51. The molecule has 10 heteroatoms. The van der Waals surface area contributed by atoms with Gasteiger partial charge in [-0.15, -0.1) is 0 Å². The number of hydrogen-bond donors (Lipinski definition) is 5. The van der Waals surface area contributed by atoms with Gasteiger partial charge in [-0.1, -0.05) is 40.5 Å². The Morgan fingerprint density at radius 2 is 1.58 bits per heavy atom. The van der Waals surface area contributed by atoms with Crippen LogP contribution < -0.4 is 27.8 Å². The first-order valence-electron chi connectivity index (χ1n) is 11.3. The lowest BCUT2D eigenvalue weighted by atomic mass is 10.1. The molecule has 2 amide bonds. The van der Waals surface area contributed by atoms with Crippen molar-refractivity contribution in [3.05, 3.63) is 0 Å². The van der Waals surface area contributed by atoms with Crippen LogP contribution in [0.25, 0.3) is 0 Å². The number of aliphatic imine (C=N–C) groups is 1. The molecule has 10 nitrogen and oxygen atoms in total. The Balaban J connectivity index is 5.03. The molecule has 0 rings (SSSR count). The van der Waals surface area contributed by atoms with Gasteiger partial charge < -0.3 is 37.3 Å². The monoisotopic (exact) mass is 444 g/mol. The summed E-state index contributed by atoms with van der Waals surface area (Å²) in [5.74, 6) is -0.682. The first kappa shape index (κ1) is 29.1. The van der Waals surface area contributed by atoms with Gasteiger partial charge in [0.2, 0.25) is 11.8 Å². The number of guanidine groups is 1. The summed E-state index contributed by atoms with van der Waals surface area (Å²) in [6.45, 7) is 9.20. The summed E-state index contributed by atoms with van der Waals surface area (Å²) in [5.41, 5.74) is 16.6. The third-order valence-corrected chi connectivity index (χ3v) is 4.65. The van der Waals surface area contributed by atoms with Crippen LogP contribution in [0.3, 0.4) is 0 Å². The van der Waals surface area contributed by atoms with E-state index >= 15 is 0 Å². The molecule has 0 saturated heterocycles. The van der Waals surface area contributed by atoms with Crippen LogP contribution in [-0.2, 0) is 19.1 Å². The second-order valence-corrected chi connectivity index (χ2v) is 7.93. The maximum Gasteiger partial charge on any atom is 0.239 e. The van der Waals surface area contributed by atoms with E-state index in [1.54, 1.807) is 0 Å². The van der Waals surface area contributed by atoms with E-state index in [9.17, 15) is 9.59 Å². The van der Waals surface area contributed by atoms with Crippen LogP contribution in [0.1, 0.15) is 66.2 Å². The summed E-state index contributed by atoms with van der Waals surface area (Å²) in [5, 5.41) is 5.51. The van der Waals surface area contributed by atoms with Crippen LogP contribution in [0.5, 0.6) is 0 Å². The fourth-order valence-electron chi connectivity index (χ4n) is 2.61. The number of nitrogens with one attached hydrogen (secondary N) is 2. The van der Waals surface area contributed by atoms with Crippen LogP contribution in [0.15, 0.2) is 4.99 Å². The molecular formula is C21H44N6O4. The lowest BCUT2D eigenvalue weighted by Gasteiger charge is -2.28. The molecule has 182 valence electrons. The minimum atomic E-state index is -0.661. The first-order chi connectivity index (χ1) is 14.7. The van der Waals surface area contributed by atoms with Gasteiger partial charge in [0.25, 0.3) is 0 Å². The van der Waals surface area contributed by atoms with Crippen molar-refractivity contribution in [3.63, 3.8) is 0 Å². The second kappa shape index (κ2) is 17.7. The SMILES string of the molecule is CCCCOC(OCCCC)C(CCCN=C(N)N)NC(=O)CNC(=O)C(N)C(C)C. The molecule has 0 aliphatic rings. The van der Waals surface area contributed by atoms with Gasteiger partial charge in [-0.05, 0) is 31.6 Å². The van der Waals surface area contributed by atoms with Crippen LogP contribution in [-0.4, -0.2) is 62.5 Å². The van der Waals surface area contributed by atoms with Crippen molar-refractivity contribution in [3.8, 4) is 0 Å². The molecule has 0 fully saturated rings. The molecule has 0 spiro atoms. The van der Waals surface area contributed by atoms with E-state index in [0.717, 1.165) is 25.7 Å². The molecule has 0 heterocycles. The van der Waals surface area contributed by atoms with Crippen molar-refractivity contribution in [2.75, 3.05) is 26.3 Å². The Morgan fingerprint density at radius 1 is 1.00 bits per heavy atom. The predicted octanol–water partition coefficient (Wildman–Crippen LogP) is 0.584. The highest BCUT2D eigenvalue weighted by Gasteiger charge is 2.25. The fourth-order valence-corrected chi connectivity index (χ4v) is 2.61. The smallest absolute Gasteiger partial charge is 0.239 e. The van der Waals surface area contributed by atoms with Gasteiger partial charge in [0.1, 0.15) is 0 Å². The van der Waals surface area contributed by atoms with E-state index in [1.165, 1.54) is 0 Å². The highest BCUT2D eigenvalue weighted by Crippen LogP contribution is 2.11. The third kappa shape index (κ3) is 14.7. The number of nitrogens with zero attached hydrogens (tertiary/aromatic N) is 1. The van der Waals surface area contributed by atoms with Gasteiger partial charge in [0.05, 0.1) is 18.6 Å². The zero-order valence-electron chi connectivity index (χ0n) is 19.7. The van der Waals surface area contributed by atoms with Crippen molar-refractivity contribution in [1.29, 1.82) is 0 Å². The average Bonchev–Trinajstić information content (AvgIpc) is 2.72. The summed E-state index contributed by atoms with van der Waals surface area (Å²) >= 11 is 0. The molecule has 0 bridgehead atoms. The van der Waals surface area contributed by atoms with Crippen molar-refractivity contribution in [1.82, 2.24) is 10.6 Å². The topological polar surface area (TPSA) is 167 Å². The van der Waals surface area contributed by atoms with E-state index in [2.05, 4.69) is 29.5 Å². The maximum atomic E-state index is 12.5. The lowest BCUT2D eigenvalue weighted by molar-refractivity contribution is -0.165. The highest BCUT2D eigenvalue weighted by atomic mass is 16.7. The molecule has 2 atom stereocenters. The molecule has 2 unspecified atom stereocenters. The van der Waals surface area contributed by atoms with E-state index in [1.807, 2.05) is 13.8 Å². The standard InChI is InChI=1S/C21H44N6O4/c1-5-7-12-30-20(31-13-8-6-2)16(10-9-11-25-21(23)24)27-17(28)14-26-19(29)18(22)15(3)4/h15-16,18,20H,5-14,22H2,1-4H3,(H,26,29)(H,27,28)(H4,23,24,25). The Labute approximate surface area is 187 Å². The molecule has 8 N–H and O–H groups in total. The summed E-state index contributed by atoms with van der Waals surface area (Å²) in [6, 6.07) is -1.06.